The van der Waals surface area contributed by atoms with Crippen molar-refractivity contribution in [3.8, 4) is 5.69 Å². The quantitative estimate of drug-likeness (QED) is 0.918. The van der Waals surface area contributed by atoms with Crippen molar-refractivity contribution in [1.82, 2.24) is 15.1 Å². The fourth-order valence-electron chi connectivity index (χ4n) is 3.10. The molecule has 1 saturated carbocycles. The molecule has 1 aromatic carbocycles. The Morgan fingerprint density at radius 1 is 1.18 bits per heavy atom. The first-order valence-corrected chi connectivity index (χ1v) is 8.17. The molecular formula is C18H23N3O. The largest absolute Gasteiger partial charge is 0.352 e. The highest BCUT2D eigenvalue weighted by molar-refractivity contribution is 5.76. The summed E-state index contributed by atoms with van der Waals surface area (Å²) in [6.07, 6.45) is 10.8. The number of nitrogens with one attached hydrogen (secondary N) is 1. The molecule has 0 atom stereocenters. The molecule has 0 saturated heterocycles. The molecule has 1 aliphatic rings. The van der Waals surface area contributed by atoms with Gasteiger partial charge in [0.25, 0.3) is 0 Å². The first-order chi connectivity index (χ1) is 10.8. The van der Waals surface area contributed by atoms with Crippen LogP contribution in [0.2, 0.25) is 0 Å². The van der Waals surface area contributed by atoms with Gasteiger partial charge < -0.3 is 5.32 Å². The highest BCUT2D eigenvalue weighted by Gasteiger charge is 2.16. The van der Waals surface area contributed by atoms with E-state index in [1.807, 2.05) is 47.4 Å². The van der Waals surface area contributed by atoms with Crippen LogP contribution in [0.4, 0.5) is 0 Å². The van der Waals surface area contributed by atoms with Crippen LogP contribution in [0, 0.1) is 5.92 Å². The van der Waals surface area contributed by atoms with E-state index in [0.717, 1.165) is 11.3 Å². The molecule has 1 aromatic heterocycles. The summed E-state index contributed by atoms with van der Waals surface area (Å²) in [6.45, 7) is 0.554. The van der Waals surface area contributed by atoms with Crippen molar-refractivity contribution in [1.29, 1.82) is 0 Å². The van der Waals surface area contributed by atoms with Crippen LogP contribution < -0.4 is 5.32 Å². The highest BCUT2D eigenvalue weighted by Crippen LogP contribution is 2.26. The van der Waals surface area contributed by atoms with Crippen molar-refractivity contribution in [3.63, 3.8) is 0 Å². The first-order valence-electron chi connectivity index (χ1n) is 8.17. The normalized spacial score (nSPS) is 15.6. The number of aromatic nitrogens is 2. The SMILES string of the molecule is O=C(CC1CCCCC1)NCc1cnn(-c2ccccc2)c1. The molecule has 0 spiro atoms. The Hall–Kier alpha value is -2.10. The second kappa shape index (κ2) is 7.25. The van der Waals surface area contributed by atoms with Crippen LogP contribution >= 0.6 is 0 Å². The van der Waals surface area contributed by atoms with Gasteiger partial charge in [-0.15, -0.1) is 0 Å². The first kappa shape index (κ1) is 14.8. The number of nitrogens with zero attached hydrogens (tertiary/aromatic N) is 2. The fourth-order valence-corrected chi connectivity index (χ4v) is 3.10. The lowest BCUT2D eigenvalue weighted by Crippen LogP contribution is -2.25. The Labute approximate surface area is 131 Å². The number of carbonyl (C=O) groups excluding carboxylic acids is 1. The Morgan fingerprint density at radius 2 is 1.95 bits per heavy atom. The molecule has 0 radical (unpaired) electrons. The summed E-state index contributed by atoms with van der Waals surface area (Å²) < 4.78 is 1.84. The molecule has 1 amide bonds. The lowest BCUT2D eigenvalue weighted by atomic mass is 9.87. The zero-order valence-corrected chi connectivity index (χ0v) is 12.9. The summed E-state index contributed by atoms with van der Waals surface area (Å²) in [4.78, 5) is 12.0. The van der Waals surface area contributed by atoms with Gasteiger partial charge in [-0.1, -0.05) is 37.5 Å². The van der Waals surface area contributed by atoms with Gasteiger partial charge in [0, 0.05) is 24.7 Å². The zero-order valence-electron chi connectivity index (χ0n) is 12.9. The number of para-hydroxylation sites is 1. The average molecular weight is 297 g/mol. The van der Waals surface area contributed by atoms with Crippen LogP contribution in [-0.2, 0) is 11.3 Å². The van der Waals surface area contributed by atoms with E-state index >= 15 is 0 Å². The van der Waals surface area contributed by atoms with E-state index in [1.165, 1.54) is 32.1 Å². The summed E-state index contributed by atoms with van der Waals surface area (Å²) in [7, 11) is 0. The fraction of sp³-hybridized carbons (Fsp3) is 0.444. The maximum absolute atomic E-state index is 12.0. The molecule has 22 heavy (non-hydrogen) atoms. The minimum Gasteiger partial charge on any atom is -0.352 e. The molecule has 4 heteroatoms. The molecule has 0 unspecified atom stereocenters. The number of amides is 1. The molecule has 2 aromatic rings. The van der Waals surface area contributed by atoms with Gasteiger partial charge in [0.15, 0.2) is 0 Å². The third kappa shape index (κ3) is 3.97. The average Bonchev–Trinajstić information content (AvgIpc) is 3.04. The van der Waals surface area contributed by atoms with Gasteiger partial charge in [0.05, 0.1) is 11.9 Å². The van der Waals surface area contributed by atoms with E-state index in [1.54, 1.807) is 0 Å². The van der Waals surface area contributed by atoms with Crippen molar-refractivity contribution in [2.75, 3.05) is 0 Å². The van der Waals surface area contributed by atoms with Crippen LogP contribution in [0.1, 0.15) is 44.1 Å². The number of hydrogen-bond donors (Lipinski definition) is 1. The number of benzene rings is 1. The Morgan fingerprint density at radius 3 is 2.73 bits per heavy atom. The Balaban J connectivity index is 1.49. The predicted octanol–water partition coefficient (Wildman–Crippen LogP) is 3.46. The number of hydrogen-bond acceptors (Lipinski definition) is 2. The monoisotopic (exact) mass is 297 g/mol. The van der Waals surface area contributed by atoms with Crippen molar-refractivity contribution >= 4 is 5.91 Å². The lowest BCUT2D eigenvalue weighted by molar-refractivity contribution is -0.122. The summed E-state index contributed by atoms with van der Waals surface area (Å²) >= 11 is 0. The van der Waals surface area contributed by atoms with Crippen molar-refractivity contribution in [3.05, 3.63) is 48.3 Å². The summed E-state index contributed by atoms with van der Waals surface area (Å²) in [5.41, 5.74) is 2.06. The molecule has 1 heterocycles. The second-order valence-corrected chi connectivity index (χ2v) is 6.11. The van der Waals surface area contributed by atoms with Crippen LogP contribution in [-0.4, -0.2) is 15.7 Å². The summed E-state index contributed by atoms with van der Waals surface area (Å²) in [5, 5.41) is 7.36. The van der Waals surface area contributed by atoms with E-state index in [-0.39, 0.29) is 5.91 Å². The van der Waals surface area contributed by atoms with Crippen LogP contribution in [0.25, 0.3) is 5.69 Å². The zero-order chi connectivity index (χ0) is 15.2. The summed E-state index contributed by atoms with van der Waals surface area (Å²) in [5.74, 6) is 0.750. The van der Waals surface area contributed by atoms with Crippen molar-refractivity contribution < 1.29 is 4.79 Å². The number of rotatable bonds is 5. The van der Waals surface area contributed by atoms with E-state index in [0.29, 0.717) is 18.9 Å². The van der Waals surface area contributed by atoms with Gasteiger partial charge in [-0.05, 0) is 30.9 Å². The Kier molecular flexibility index (Phi) is 4.88. The van der Waals surface area contributed by atoms with Crippen LogP contribution in [0.5, 0.6) is 0 Å². The molecule has 116 valence electrons. The van der Waals surface area contributed by atoms with Gasteiger partial charge >= 0.3 is 0 Å². The molecule has 1 aliphatic carbocycles. The van der Waals surface area contributed by atoms with Crippen molar-refractivity contribution in [2.24, 2.45) is 5.92 Å². The summed E-state index contributed by atoms with van der Waals surface area (Å²) in [6, 6.07) is 9.99. The van der Waals surface area contributed by atoms with Crippen LogP contribution in [0.15, 0.2) is 42.7 Å². The predicted molar refractivity (Wildman–Crippen MR) is 86.6 cm³/mol. The maximum Gasteiger partial charge on any atom is 0.220 e. The third-order valence-electron chi connectivity index (χ3n) is 4.35. The van der Waals surface area contributed by atoms with Gasteiger partial charge in [0.1, 0.15) is 0 Å². The highest BCUT2D eigenvalue weighted by atomic mass is 16.1. The van der Waals surface area contributed by atoms with E-state index in [2.05, 4.69) is 10.4 Å². The molecule has 0 bridgehead atoms. The van der Waals surface area contributed by atoms with E-state index < -0.39 is 0 Å². The topological polar surface area (TPSA) is 46.9 Å². The maximum atomic E-state index is 12.0. The molecule has 0 aliphatic heterocycles. The standard InChI is InChI=1S/C18H23N3O/c22-18(11-15-7-3-1-4-8-15)19-12-16-13-20-21(14-16)17-9-5-2-6-10-17/h2,5-6,9-10,13-15H,1,3-4,7-8,11-12H2,(H,19,22). The third-order valence-corrected chi connectivity index (χ3v) is 4.35. The minimum absolute atomic E-state index is 0.166. The van der Waals surface area contributed by atoms with Gasteiger partial charge in [0.2, 0.25) is 5.91 Å². The molecular weight excluding hydrogens is 274 g/mol. The second-order valence-electron chi connectivity index (χ2n) is 6.11. The van der Waals surface area contributed by atoms with Gasteiger partial charge in [-0.25, -0.2) is 4.68 Å². The minimum atomic E-state index is 0.166. The number of carbonyl (C=O) groups is 1. The smallest absolute Gasteiger partial charge is 0.220 e. The molecule has 1 N–H and O–H groups in total. The molecule has 1 fully saturated rings. The van der Waals surface area contributed by atoms with Gasteiger partial charge in [-0.3, -0.25) is 4.79 Å². The Bertz CT molecular complexity index is 600. The lowest BCUT2D eigenvalue weighted by Gasteiger charge is -2.20. The van der Waals surface area contributed by atoms with E-state index in [4.69, 9.17) is 0 Å². The molecule has 4 nitrogen and oxygen atoms in total. The van der Waals surface area contributed by atoms with Gasteiger partial charge in [-0.2, -0.15) is 5.10 Å². The van der Waals surface area contributed by atoms with Crippen LogP contribution in [0.3, 0.4) is 0 Å². The van der Waals surface area contributed by atoms with E-state index in [9.17, 15) is 4.79 Å². The molecule has 3 rings (SSSR count). The van der Waals surface area contributed by atoms with Crippen molar-refractivity contribution in [2.45, 2.75) is 45.1 Å².